The Hall–Kier alpha value is -1.47. The molecule has 2 heterocycles. The second-order valence-electron chi connectivity index (χ2n) is 3.30. The van der Waals surface area contributed by atoms with Crippen molar-refractivity contribution in [3.05, 3.63) is 44.8 Å². The van der Waals surface area contributed by atoms with Gasteiger partial charge in [-0.25, -0.2) is 9.67 Å². The van der Waals surface area contributed by atoms with Crippen LogP contribution in [0.4, 0.5) is 8.78 Å². The van der Waals surface area contributed by atoms with Crippen molar-refractivity contribution in [1.82, 2.24) is 19.3 Å². The molecule has 9 heteroatoms. The van der Waals surface area contributed by atoms with Crippen molar-refractivity contribution in [3.8, 4) is 0 Å². The zero-order chi connectivity index (χ0) is 13.3. The smallest absolute Gasteiger partial charge is 0.276 e. The highest BCUT2D eigenvalue weighted by molar-refractivity contribution is 6.41. The third-order valence-electron chi connectivity index (χ3n) is 2.19. The summed E-state index contributed by atoms with van der Waals surface area (Å²) in [4.78, 5) is 15.4. The number of aromatic nitrogens is 4. The van der Waals surface area contributed by atoms with Gasteiger partial charge in [-0.2, -0.15) is 13.9 Å². The minimum Gasteiger partial charge on any atom is -0.276 e. The summed E-state index contributed by atoms with van der Waals surface area (Å²) in [7, 11) is 0. The average molecular weight is 295 g/mol. The van der Waals surface area contributed by atoms with Gasteiger partial charge in [0.15, 0.2) is 0 Å². The van der Waals surface area contributed by atoms with Crippen molar-refractivity contribution < 1.29 is 8.78 Å². The summed E-state index contributed by atoms with van der Waals surface area (Å²) in [5.41, 5.74) is -0.659. The van der Waals surface area contributed by atoms with Crippen molar-refractivity contribution in [2.24, 2.45) is 0 Å². The Morgan fingerprint density at radius 1 is 1.39 bits per heavy atom. The van der Waals surface area contributed by atoms with Gasteiger partial charge in [0.1, 0.15) is 17.4 Å². The molecule has 0 fully saturated rings. The number of imidazole rings is 1. The average Bonchev–Trinajstić information content (AvgIpc) is 2.78. The lowest BCUT2D eigenvalue weighted by Crippen LogP contribution is -2.25. The van der Waals surface area contributed by atoms with Gasteiger partial charge in [-0.05, 0) is 0 Å². The van der Waals surface area contributed by atoms with Crippen LogP contribution in [0, 0.1) is 0 Å². The Balaban J connectivity index is 2.38. The van der Waals surface area contributed by atoms with Gasteiger partial charge >= 0.3 is 6.55 Å². The fourth-order valence-electron chi connectivity index (χ4n) is 1.34. The van der Waals surface area contributed by atoms with Gasteiger partial charge < -0.3 is 0 Å². The molecular formula is C9H6Cl2F2N4O. The Labute approximate surface area is 110 Å². The molecule has 0 saturated carbocycles. The van der Waals surface area contributed by atoms with Crippen LogP contribution in [0.1, 0.15) is 12.4 Å². The molecule has 0 N–H and O–H groups in total. The van der Waals surface area contributed by atoms with Crippen molar-refractivity contribution in [1.29, 1.82) is 0 Å². The molecule has 0 atom stereocenters. The van der Waals surface area contributed by atoms with E-state index in [0.29, 0.717) is 4.57 Å². The Kier molecular flexibility index (Phi) is 3.63. The molecule has 0 aliphatic heterocycles. The number of rotatable bonds is 3. The second-order valence-corrected chi connectivity index (χ2v) is 4.08. The van der Waals surface area contributed by atoms with Crippen LogP contribution in [0.25, 0.3) is 0 Å². The number of hydrogen-bond acceptors (Lipinski definition) is 3. The maximum absolute atomic E-state index is 12.6. The van der Waals surface area contributed by atoms with Crippen LogP contribution in [0.2, 0.25) is 10.0 Å². The lowest BCUT2D eigenvalue weighted by molar-refractivity contribution is 0.0665. The van der Waals surface area contributed by atoms with Crippen molar-refractivity contribution >= 4 is 23.2 Å². The van der Waals surface area contributed by atoms with E-state index in [1.165, 1.54) is 12.4 Å². The molecule has 2 aromatic rings. The van der Waals surface area contributed by atoms with E-state index >= 15 is 0 Å². The van der Waals surface area contributed by atoms with E-state index in [1.54, 1.807) is 0 Å². The third-order valence-corrected chi connectivity index (χ3v) is 2.94. The second kappa shape index (κ2) is 5.03. The topological polar surface area (TPSA) is 52.7 Å². The summed E-state index contributed by atoms with van der Waals surface area (Å²) in [5, 5.41) is 3.51. The van der Waals surface area contributed by atoms with E-state index in [9.17, 15) is 13.6 Å². The lowest BCUT2D eigenvalue weighted by atomic mass is 10.5. The van der Waals surface area contributed by atoms with Gasteiger partial charge in [0.05, 0.1) is 11.2 Å². The number of alkyl halides is 2. The van der Waals surface area contributed by atoms with E-state index in [0.717, 1.165) is 10.9 Å². The molecule has 0 spiro atoms. The van der Waals surface area contributed by atoms with Crippen LogP contribution >= 0.6 is 23.2 Å². The first-order valence-electron chi connectivity index (χ1n) is 4.71. The Bertz CT molecular complexity index is 625. The summed E-state index contributed by atoms with van der Waals surface area (Å²) in [5.74, 6) is -0.00186. The highest BCUT2D eigenvalue weighted by Gasteiger charge is 2.14. The third kappa shape index (κ3) is 2.37. The maximum Gasteiger partial charge on any atom is 0.319 e. The first-order chi connectivity index (χ1) is 8.50. The largest absolute Gasteiger partial charge is 0.319 e. The van der Waals surface area contributed by atoms with Crippen LogP contribution in [-0.4, -0.2) is 19.3 Å². The maximum atomic E-state index is 12.6. The number of halogens is 4. The molecule has 0 unspecified atom stereocenters. The zero-order valence-corrected chi connectivity index (χ0v) is 10.2. The quantitative estimate of drug-likeness (QED) is 0.872. The minimum atomic E-state index is -2.74. The highest BCUT2D eigenvalue weighted by atomic mass is 35.5. The molecule has 2 aromatic heterocycles. The highest BCUT2D eigenvalue weighted by Crippen LogP contribution is 2.16. The monoisotopic (exact) mass is 294 g/mol. The molecule has 0 aromatic carbocycles. The summed E-state index contributed by atoms with van der Waals surface area (Å²) in [6.45, 7) is -2.95. The van der Waals surface area contributed by atoms with Crippen LogP contribution in [0.3, 0.4) is 0 Å². The van der Waals surface area contributed by atoms with Crippen LogP contribution < -0.4 is 5.56 Å². The van der Waals surface area contributed by atoms with E-state index in [4.69, 9.17) is 23.2 Å². The van der Waals surface area contributed by atoms with Gasteiger partial charge in [0.2, 0.25) is 0 Å². The molecule has 0 bridgehead atoms. The molecule has 0 amide bonds. The number of nitrogens with zero attached hydrogens (tertiary/aromatic N) is 4. The molecule has 0 aliphatic carbocycles. The Morgan fingerprint density at radius 2 is 2.11 bits per heavy atom. The van der Waals surface area contributed by atoms with Gasteiger partial charge in [-0.15, -0.1) is 0 Å². The first kappa shape index (κ1) is 13.0. The van der Waals surface area contributed by atoms with Gasteiger partial charge in [0.25, 0.3) is 5.56 Å². The van der Waals surface area contributed by atoms with E-state index in [1.807, 2.05) is 0 Å². The lowest BCUT2D eigenvalue weighted by Gasteiger charge is -2.08. The van der Waals surface area contributed by atoms with Gasteiger partial charge in [-0.3, -0.25) is 9.36 Å². The number of hydrogen-bond donors (Lipinski definition) is 0. The molecule has 2 rings (SSSR count). The summed E-state index contributed by atoms with van der Waals surface area (Å²) >= 11 is 11.2. The fraction of sp³-hybridized carbons (Fsp3) is 0.222. The molecule has 96 valence electrons. The summed E-state index contributed by atoms with van der Waals surface area (Å²) in [6, 6.07) is 0. The van der Waals surface area contributed by atoms with Crippen LogP contribution in [0.5, 0.6) is 0 Å². The van der Waals surface area contributed by atoms with Gasteiger partial charge in [0, 0.05) is 12.4 Å². The molecule has 0 aliphatic rings. The molecule has 0 saturated heterocycles. The first-order valence-corrected chi connectivity index (χ1v) is 5.47. The van der Waals surface area contributed by atoms with E-state index in [2.05, 4.69) is 10.1 Å². The van der Waals surface area contributed by atoms with Crippen LogP contribution in [-0.2, 0) is 6.54 Å². The summed E-state index contributed by atoms with van der Waals surface area (Å²) < 4.78 is 26.7. The summed E-state index contributed by atoms with van der Waals surface area (Å²) in [6.07, 6.45) is 3.49. The van der Waals surface area contributed by atoms with E-state index < -0.39 is 12.1 Å². The fourth-order valence-corrected chi connectivity index (χ4v) is 1.61. The molecule has 0 radical (unpaired) electrons. The van der Waals surface area contributed by atoms with Crippen molar-refractivity contribution in [2.75, 3.05) is 0 Å². The van der Waals surface area contributed by atoms with Gasteiger partial charge in [-0.1, -0.05) is 23.2 Å². The van der Waals surface area contributed by atoms with Crippen molar-refractivity contribution in [2.45, 2.75) is 13.1 Å². The molecular weight excluding hydrogens is 289 g/mol. The predicted octanol–water partition coefficient (Wildman–Crippen LogP) is 2.19. The minimum absolute atomic E-state index is 0.00186. The SMILES string of the molecule is O=c1c(Cl)c(Cl)cnn1Cc1nccn1C(F)F. The predicted molar refractivity (Wildman–Crippen MR) is 61.1 cm³/mol. The van der Waals surface area contributed by atoms with Crippen molar-refractivity contribution in [3.63, 3.8) is 0 Å². The Morgan fingerprint density at radius 3 is 2.78 bits per heavy atom. The standard InChI is InChI=1S/C9H6Cl2F2N4O/c10-5-3-15-17(8(18)7(5)11)4-6-14-1-2-16(6)9(12)13/h1-3,9H,4H2. The van der Waals surface area contributed by atoms with Crippen LogP contribution in [0.15, 0.2) is 23.4 Å². The molecule has 5 nitrogen and oxygen atoms in total. The molecule has 18 heavy (non-hydrogen) atoms. The van der Waals surface area contributed by atoms with E-state index in [-0.39, 0.29) is 22.4 Å². The zero-order valence-electron chi connectivity index (χ0n) is 8.73. The normalized spacial score (nSPS) is 11.2.